The molecule has 0 aromatic heterocycles. The zero-order valence-electron chi connectivity index (χ0n) is 16.1. The number of aliphatic hydroxyl groups is 1. The molecule has 1 unspecified atom stereocenters. The molecule has 3 rings (SSSR count). The van der Waals surface area contributed by atoms with Crippen LogP contribution in [0, 0.1) is 12.8 Å². The molecule has 2 saturated heterocycles. The van der Waals surface area contributed by atoms with E-state index >= 15 is 0 Å². The maximum absolute atomic E-state index is 13.0. The normalized spacial score (nSPS) is 25.7. The summed E-state index contributed by atoms with van der Waals surface area (Å²) >= 11 is 0. The Labute approximate surface area is 156 Å². The second-order valence-electron chi connectivity index (χ2n) is 8.03. The minimum Gasteiger partial charge on any atom is -0.384 e. The van der Waals surface area contributed by atoms with Gasteiger partial charge in [0.2, 0.25) is 0 Å². The molecular weight excluding hydrogens is 328 g/mol. The summed E-state index contributed by atoms with van der Waals surface area (Å²) in [5.41, 5.74) is 1.08. The van der Waals surface area contributed by atoms with E-state index in [1.165, 1.54) is 5.56 Å². The van der Waals surface area contributed by atoms with Crippen molar-refractivity contribution < 1.29 is 14.6 Å². The monoisotopic (exact) mass is 360 g/mol. The number of methoxy groups -OCH3 is 1. The quantitative estimate of drug-likeness (QED) is 0.845. The highest BCUT2D eigenvalue weighted by molar-refractivity contribution is 5.86. The van der Waals surface area contributed by atoms with Crippen LogP contribution in [0.3, 0.4) is 0 Å². The lowest BCUT2D eigenvalue weighted by atomic mass is 9.89. The van der Waals surface area contributed by atoms with E-state index in [1.54, 1.807) is 7.11 Å². The number of rotatable bonds is 6. The fourth-order valence-electron chi connectivity index (χ4n) is 4.31. The van der Waals surface area contributed by atoms with Gasteiger partial charge in [-0.25, -0.2) is 0 Å². The minimum atomic E-state index is -1.24. The lowest BCUT2D eigenvalue weighted by molar-refractivity contribution is -0.160. The molecule has 0 aliphatic carbocycles. The highest BCUT2D eigenvalue weighted by Gasteiger charge is 2.43. The molecule has 0 saturated carbocycles. The van der Waals surface area contributed by atoms with Crippen LogP contribution in [0.5, 0.6) is 0 Å². The van der Waals surface area contributed by atoms with Gasteiger partial charge in [0.1, 0.15) is 0 Å². The van der Waals surface area contributed by atoms with Crippen molar-refractivity contribution in [3.63, 3.8) is 0 Å². The van der Waals surface area contributed by atoms with Gasteiger partial charge in [0, 0.05) is 33.4 Å². The Kier molecular flexibility index (Phi) is 6.33. The number of hydrogen-bond acceptors (Lipinski definition) is 4. The summed E-state index contributed by atoms with van der Waals surface area (Å²) in [6, 6.07) is 8.25. The van der Waals surface area contributed by atoms with Gasteiger partial charge in [-0.05, 0) is 57.2 Å². The summed E-state index contributed by atoms with van der Waals surface area (Å²) in [4.78, 5) is 17.1. The van der Waals surface area contributed by atoms with Crippen molar-refractivity contribution in [2.45, 2.75) is 44.8 Å². The predicted octanol–water partition coefficient (Wildman–Crippen LogP) is 2.21. The third kappa shape index (κ3) is 4.64. The number of amides is 1. The maximum Gasteiger partial charge on any atom is 0.256 e. The van der Waals surface area contributed by atoms with Crippen LogP contribution in [0.1, 0.15) is 36.8 Å². The van der Waals surface area contributed by atoms with Crippen molar-refractivity contribution in [1.29, 1.82) is 0 Å². The van der Waals surface area contributed by atoms with Gasteiger partial charge < -0.3 is 14.7 Å². The molecule has 144 valence electrons. The largest absolute Gasteiger partial charge is 0.384 e. The zero-order chi connectivity index (χ0) is 18.6. The van der Waals surface area contributed by atoms with Crippen molar-refractivity contribution in [3.8, 4) is 0 Å². The zero-order valence-corrected chi connectivity index (χ0v) is 16.1. The van der Waals surface area contributed by atoms with Gasteiger partial charge in [-0.3, -0.25) is 9.69 Å². The van der Waals surface area contributed by atoms with E-state index in [4.69, 9.17) is 4.74 Å². The van der Waals surface area contributed by atoms with Gasteiger partial charge in [-0.15, -0.1) is 0 Å². The maximum atomic E-state index is 13.0. The first-order chi connectivity index (χ1) is 12.5. The number of piperidine rings is 2. The number of carbonyl (C=O) groups excluding carboxylic acids is 1. The molecule has 0 radical (unpaired) electrons. The number of carbonyl (C=O) groups is 1. The first-order valence-electron chi connectivity index (χ1n) is 9.79. The third-order valence-corrected chi connectivity index (χ3v) is 5.75. The van der Waals surface area contributed by atoms with Crippen LogP contribution in [0.2, 0.25) is 0 Å². The van der Waals surface area contributed by atoms with E-state index < -0.39 is 5.60 Å². The van der Waals surface area contributed by atoms with Crippen LogP contribution in [0.25, 0.3) is 0 Å². The van der Waals surface area contributed by atoms with Crippen molar-refractivity contribution in [2.75, 3.05) is 39.9 Å². The smallest absolute Gasteiger partial charge is 0.256 e. The van der Waals surface area contributed by atoms with E-state index in [0.717, 1.165) is 51.1 Å². The van der Waals surface area contributed by atoms with Crippen LogP contribution in [-0.4, -0.2) is 66.3 Å². The molecule has 1 aromatic carbocycles. The van der Waals surface area contributed by atoms with Gasteiger partial charge in [-0.2, -0.15) is 0 Å². The van der Waals surface area contributed by atoms with Crippen LogP contribution in [-0.2, 0) is 16.1 Å². The summed E-state index contributed by atoms with van der Waals surface area (Å²) in [7, 11) is 1.75. The van der Waals surface area contributed by atoms with Gasteiger partial charge in [-0.1, -0.05) is 29.8 Å². The lowest BCUT2D eigenvalue weighted by Gasteiger charge is -2.42. The SMILES string of the molecule is COCC1CCN(CC2(O)CCCN(Cc3cccc(C)c3)C2=O)CC1. The first kappa shape index (κ1) is 19.3. The molecule has 1 amide bonds. The number of β-amino-alcohol motifs (C(OH)–C–C–N with tert-alkyl or cyclic N) is 1. The number of likely N-dealkylation sites (tertiary alicyclic amines) is 2. The molecule has 26 heavy (non-hydrogen) atoms. The van der Waals surface area contributed by atoms with E-state index in [2.05, 4.69) is 30.0 Å². The van der Waals surface area contributed by atoms with Gasteiger partial charge in [0.15, 0.2) is 5.60 Å². The Balaban J connectivity index is 1.59. The molecule has 2 aliphatic rings. The summed E-state index contributed by atoms with van der Waals surface area (Å²) in [6.07, 6.45) is 3.57. The lowest BCUT2D eigenvalue weighted by Crippen LogP contribution is -2.59. The van der Waals surface area contributed by atoms with Gasteiger partial charge >= 0.3 is 0 Å². The fraction of sp³-hybridized carbons (Fsp3) is 0.667. The minimum absolute atomic E-state index is 0.107. The average Bonchev–Trinajstić information content (AvgIpc) is 2.61. The van der Waals surface area contributed by atoms with Crippen LogP contribution in [0.15, 0.2) is 24.3 Å². The molecule has 5 nitrogen and oxygen atoms in total. The predicted molar refractivity (Wildman–Crippen MR) is 102 cm³/mol. The molecule has 1 aromatic rings. The average molecular weight is 360 g/mol. The van der Waals surface area contributed by atoms with Gasteiger partial charge in [0.25, 0.3) is 5.91 Å². The van der Waals surface area contributed by atoms with Gasteiger partial charge in [0.05, 0.1) is 0 Å². The Morgan fingerprint density at radius 3 is 2.73 bits per heavy atom. The second-order valence-corrected chi connectivity index (χ2v) is 8.03. The summed E-state index contributed by atoms with van der Waals surface area (Å²) in [5, 5.41) is 11.1. The number of nitrogens with zero attached hydrogens (tertiary/aromatic N) is 2. The molecule has 5 heteroatoms. The van der Waals surface area contributed by atoms with Crippen molar-refractivity contribution >= 4 is 5.91 Å². The van der Waals surface area contributed by atoms with Crippen molar-refractivity contribution in [2.24, 2.45) is 5.92 Å². The molecule has 0 spiro atoms. The van der Waals surface area contributed by atoms with Crippen LogP contribution < -0.4 is 0 Å². The van der Waals surface area contributed by atoms with Crippen molar-refractivity contribution in [1.82, 2.24) is 9.80 Å². The Hall–Kier alpha value is -1.43. The van der Waals surface area contributed by atoms with E-state index in [0.29, 0.717) is 25.4 Å². The van der Waals surface area contributed by atoms with E-state index in [9.17, 15) is 9.90 Å². The van der Waals surface area contributed by atoms with E-state index in [-0.39, 0.29) is 5.91 Å². The molecule has 0 bridgehead atoms. The standard InChI is InChI=1S/C21H32N2O3/c1-17-5-3-6-19(13-17)14-23-10-4-9-21(25,20(23)24)16-22-11-7-18(8-12-22)15-26-2/h3,5-6,13,18,25H,4,7-12,14-16H2,1-2H3. The molecule has 1 N–H and O–H groups in total. The fourth-order valence-corrected chi connectivity index (χ4v) is 4.31. The number of ether oxygens (including phenoxy) is 1. The highest BCUT2D eigenvalue weighted by Crippen LogP contribution is 2.27. The summed E-state index contributed by atoms with van der Waals surface area (Å²) in [5.74, 6) is 0.495. The van der Waals surface area contributed by atoms with Crippen LogP contribution in [0.4, 0.5) is 0 Å². The molecule has 2 fully saturated rings. The Morgan fingerprint density at radius 2 is 2.04 bits per heavy atom. The molecule has 2 heterocycles. The number of aryl methyl sites for hydroxylation is 1. The highest BCUT2D eigenvalue weighted by atomic mass is 16.5. The molecular formula is C21H32N2O3. The number of benzene rings is 1. The Bertz CT molecular complexity index is 613. The first-order valence-corrected chi connectivity index (χ1v) is 9.79. The van der Waals surface area contributed by atoms with Crippen LogP contribution >= 0.6 is 0 Å². The third-order valence-electron chi connectivity index (χ3n) is 5.75. The summed E-state index contributed by atoms with van der Waals surface area (Å²) in [6.45, 7) is 6.49. The topological polar surface area (TPSA) is 53.0 Å². The van der Waals surface area contributed by atoms with Crippen molar-refractivity contribution in [3.05, 3.63) is 35.4 Å². The Morgan fingerprint density at radius 1 is 1.27 bits per heavy atom. The van der Waals surface area contributed by atoms with E-state index in [1.807, 2.05) is 11.0 Å². The summed E-state index contributed by atoms with van der Waals surface area (Å²) < 4.78 is 5.25. The second kappa shape index (κ2) is 8.51. The molecule has 2 aliphatic heterocycles. The molecule has 1 atom stereocenters. The number of hydrogen-bond donors (Lipinski definition) is 1.